The number of hydrogen-bond acceptors (Lipinski definition) is 17. The highest BCUT2D eigenvalue weighted by Gasteiger charge is 2.46. The number of nitrogens with zero attached hydrogens (tertiary/aromatic N) is 2. The minimum atomic E-state index is -2.04. The lowest BCUT2D eigenvalue weighted by atomic mass is 9.81. The van der Waals surface area contributed by atoms with Gasteiger partial charge in [-0.05, 0) is 105 Å². The molecule has 0 saturated heterocycles. The van der Waals surface area contributed by atoms with Crippen LogP contribution >= 0.6 is 0 Å². The van der Waals surface area contributed by atoms with E-state index in [0.29, 0.717) is 150 Å². The van der Waals surface area contributed by atoms with Gasteiger partial charge >= 0.3 is 5.97 Å². The second-order valence-corrected chi connectivity index (χ2v) is 20.3. The predicted octanol–water partition coefficient (Wildman–Crippen LogP) is 3.09. The summed E-state index contributed by atoms with van der Waals surface area (Å²) in [7, 11) is 0. The van der Waals surface area contributed by atoms with Crippen molar-refractivity contribution >= 4 is 46.2 Å². The van der Waals surface area contributed by atoms with Gasteiger partial charge in [0.25, 0.3) is 11.5 Å². The van der Waals surface area contributed by atoms with Crippen molar-refractivity contribution in [3.63, 3.8) is 0 Å². The topological polar surface area (TPSA) is 305 Å². The van der Waals surface area contributed by atoms with Crippen LogP contribution in [0.1, 0.15) is 109 Å². The number of aryl methyl sites for hydroxylation is 1. The number of esters is 1. The van der Waals surface area contributed by atoms with Crippen LogP contribution in [0.2, 0.25) is 0 Å². The molecular weight excluding hydrogens is 1040 g/mol. The summed E-state index contributed by atoms with van der Waals surface area (Å²) in [5, 5.41) is 23.8. The number of cyclic esters (lactones) is 1. The third-order valence-electron chi connectivity index (χ3n) is 14.5. The smallest absolute Gasteiger partial charge is 0.343 e. The van der Waals surface area contributed by atoms with E-state index in [1.165, 1.54) is 10.6 Å². The summed E-state index contributed by atoms with van der Waals surface area (Å²) in [6.07, 6.45) is 2.24. The van der Waals surface area contributed by atoms with Crippen molar-refractivity contribution in [2.24, 2.45) is 17.4 Å². The monoisotopic (exact) mass is 1120 g/mol. The summed E-state index contributed by atoms with van der Waals surface area (Å²) in [6, 6.07) is 6.72. The number of rotatable bonds is 33. The zero-order chi connectivity index (χ0) is 57.3. The van der Waals surface area contributed by atoms with E-state index in [1.54, 1.807) is 58.0 Å². The molecule has 3 aliphatic rings. The van der Waals surface area contributed by atoms with E-state index in [4.69, 9.17) is 49.6 Å². The van der Waals surface area contributed by atoms with E-state index in [9.17, 15) is 33.9 Å². The number of anilines is 1. The first-order valence-electron chi connectivity index (χ1n) is 27.6. The molecule has 23 heteroatoms. The number of aliphatic hydroxyl groups is 1. The largest absolute Gasteiger partial charge is 0.458 e. The van der Waals surface area contributed by atoms with Gasteiger partial charge in [0.1, 0.15) is 24.5 Å². The summed E-state index contributed by atoms with van der Waals surface area (Å²) < 4.78 is 54.9. The molecule has 436 valence electrons. The van der Waals surface area contributed by atoms with Crippen LogP contribution in [-0.2, 0) is 77.5 Å². The van der Waals surface area contributed by atoms with Crippen molar-refractivity contribution in [1.29, 1.82) is 0 Å². The van der Waals surface area contributed by atoms with E-state index in [2.05, 4.69) is 21.3 Å². The fourth-order valence-corrected chi connectivity index (χ4v) is 10.1. The van der Waals surface area contributed by atoms with Gasteiger partial charge in [-0.3, -0.25) is 24.0 Å². The average molecular weight is 1120 g/mol. The Labute approximate surface area is 464 Å². The molecule has 2 aliphatic heterocycles. The molecule has 4 aromatic rings. The summed E-state index contributed by atoms with van der Waals surface area (Å²) in [5.41, 5.74) is 13.3. The van der Waals surface area contributed by atoms with Gasteiger partial charge in [0.15, 0.2) is 5.60 Å². The molecule has 2 aromatic heterocycles. The molecule has 1 unspecified atom stereocenters. The van der Waals surface area contributed by atoms with Crippen molar-refractivity contribution in [3.8, 4) is 11.4 Å². The summed E-state index contributed by atoms with van der Waals surface area (Å²) in [6.45, 7) is 12.2. The molecule has 0 saturated carbocycles. The molecule has 0 fully saturated rings. The Kier molecular flexibility index (Phi) is 22.6. The molecule has 4 amide bonds. The lowest BCUT2D eigenvalue weighted by molar-refractivity contribution is -0.172. The number of hydrogen-bond donors (Lipinski definition) is 7. The van der Waals surface area contributed by atoms with E-state index in [-0.39, 0.29) is 68.2 Å². The highest BCUT2D eigenvalue weighted by atomic mass is 19.1. The number of ether oxygens (including phenoxy) is 7. The first-order chi connectivity index (χ1) is 38.6. The van der Waals surface area contributed by atoms with Crippen LogP contribution in [0.15, 0.2) is 41.2 Å². The Morgan fingerprint density at radius 3 is 2.05 bits per heavy atom. The number of unbranched alkanes of at least 4 members (excludes halogenated alkanes) is 1. The Morgan fingerprint density at radius 1 is 0.825 bits per heavy atom. The van der Waals surface area contributed by atoms with E-state index in [0.717, 1.165) is 5.56 Å². The molecule has 9 N–H and O–H groups in total. The van der Waals surface area contributed by atoms with Gasteiger partial charge in [-0.1, -0.05) is 20.8 Å². The number of carbonyl (C=O) groups is 5. The molecule has 2 aromatic carbocycles. The van der Waals surface area contributed by atoms with Crippen LogP contribution in [0.3, 0.4) is 0 Å². The van der Waals surface area contributed by atoms with Gasteiger partial charge in [0.2, 0.25) is 17.7 Å². The second kappa shape index (κ2) is 29.4. The summed E-state index contributed by atoms with van der Waals surface area (Å²) in [4.78, 5) is 86.5. The van der Waals surface area contributed by atoms with Gasteiger partial charge in [-0.15, -0.1) is 0 Å². The Balaban J connectivity index is 0.904. The highest BCUT2D eigenvalue weighted by Crippen LogP contribution is 2.46. The molecule has 4 heterocycles. The van der Waals surface area contributed by atoms with Crippen molar-refractivity contribution < 1.29 is 66.6 Å². The molecular formula is C57H77FN8O14. The number of aromatic nitrogens is 2. The van der Waals surface area contributed by atoms with E-state index < -0.39 is 64.7 Å². The third kappa shape index (κ3) is 15.0. The van der Waals surface area contributed by atoms with Crippen molar-refractivity contribution in [3.05, 3.63) is 91.5 Å². The Bertz CT molecular complexity index is 2880. The summed E-state index contributed by atoms with van der Waals surface area (Å²) >= 11 is 0. The Morgan fingerprint density at radius 2 is 1.45 bits per heavy atom. The van der Waals surface area contributed by atoms with Crippen LogP contribution in [0.25, 0.3) is 22.3 Å². The normalized spacial score (nSPS) is 16.9. The highest BCUT2D eigenvalue weighted by molar-refractivity contribution is 6.00. The maximum absolute atomic E-state index is 15.5. The number of nitrogens with two attached hydrogens (primary N) is 2. The third-order valence-corrected chi connectivity index (χ3v) is 14.5. The molecule has 1 aliphatic carbocycles. The van der Waals surface area contributed by atoms with Crippen LogP contribution in [0.4, 0.5) is 10.1 Å². The maximum atomic E-state index is 15.5. The van der Waals surface area contributed by atoms with Crippen molar-refractivity contribution in [2.75, 3.05) is 97.7 Å². The van der Waals surface area contributed by atoms with Gasteiger partial charge in [0, 0.05) is 46.8 Å². The van der Waals surface area contributed by atoms with E-state index >= 15 is 4.39 Å². The molecule has 80 heavy (non-hydrogen) atoms. The SMILES string of the molecule is CC[C@@]1(O)C(=O)OCc2c1cc1n(c2=O)Cc2c-1nc1cc(F)c(C)c3c1c2[C@@H](NC(=O)c1ccc(NC(=O)[C@H](CCCCN)NC(=O)C(NC(=O)CCOCCOCCOCCOCCOCCOCCN)C(C)C)cc1)CC3. The molecule has 4 atom stereocenters. The molecule has 0 bridgehead atoms. The predicted molar refractivity (Wildman–Crippen MR) is 293 cm³/mol. The second-order valence-electron chi connectivity index (χ2n) is 20.3. The molecule has 7 rings (SSSR count). The summed E-state index contributed by atoms with van der Waals surface area (Å²) in [5.74, 6) is -3.46. The fraction of sp³-hybridized carbons (Fsp3) is 0.561. The maximum Gasteiger partial charge on any atom is 0.343 e. The van der Waals surface area contributed by atoms with Crippen LogP contribution in [0, 0.1) is 18.7 Å². The number of halogens is 1. The lowest BCUT2D eigenvalue weighted by Gasteiger charge is -2.31. The molecule has 22 nitrogen and oxygen atoms in total. The zero-order valence-electron chi connectivity index (χ0n) is 46.2. The number of benzene rings is 2. The zero-order valence-corrected chi connectivity index (χ0v) is 46.2. The number of fused-ring (bicyclic) bond motifs is 5. The standard InChI is InChI=1S/C57H77FN8O14/c1-5-57(73)41-30-46-51-39(32-66(46)55(71)40(41)33-80-56(57)72)49-43(14-13-38-35(4)42(58)31-45(62-51)48(38)49)63-52(68)36-9-11-37(12-10-36)61-53(69)44(8-6-7-16-59)64-54(70)50(34(2)3)65-47(67)15-18-74-20-22-76-24-26-78-28-29-79-27-25-77-23-21-75-19-17-60/h9-12,30-31,34,43-44,50,73H,5-8,13-29,32-33,59-60H2,1-4H3,(H,61,69)(H,63,68)(H,64,70)(H,65,67)/t43-,44-,50?,57-/m0/s1. The quantitative estimate of drug-likeness (QED) is 0.0235. The number of nitrogens with one attached hydrogen (secondary N) is 4. The van der Waals surface area contributed by atoms with Crippen LogP contribution in [0.5, 0.6) is 0 Å². The Hall–Kier alpha value is -6.28. The first-order valence-corrected chi connectivity index (χ1v) is 27.6. The lowest BCUT2D eigenvalue weighted by Crippen LogP contribution is -2.54. The minimum Gasteiger partial charge on any atom is -0.458 e. The van der Waals surface area contributed by atoms with Gasteiger partial charge in [-0.2, -0.15) is 0 Å². The van der Waals surface area contributed by atoms with E-state index in [1.807, 2.05) is 0 Å². The number of amides is 4. The number of pyridine rings is 2. The van der Waals surface area contributed by atoms with Crippen molar-refractivity contribution in [1.82, 2.24) is 25.5 Å². The minimum absolute atomic E-state index is 0.00194. The van der Waals surface area contributed by atoms with Gasteiger partial charge in [-0.25, -0.2) is 14.2 Å². The fourth-order valence-electron chi connectivity index (χ4n) is 10.1. The van der Waals surface area contributed by atoms with Crippen LogP contribution in [-0.4, -0.2) is 149 Å². The number of carbonyl (C=O) groups excluding carboxylic acids is 5. The average Bonchev–Trinajstić information content (AvgIpc) is 3.81. The molecule has 0 radical (unpaired) electrons. The molecule has 0 spiro atoms. The van der Waals surface area contributed by atoms with Gasteiger partial charge < -0.3 is 75.6 Å². The van der Waals surface area contributed by atoms with Crippen LogP contribution < -0.4 is 38.3 Å². The first kappa shape index (κ1) is 61.3. The van der Waals surface area contributed by atoms with Gasteiger partial charge in [0.05, 0.1) is 114 Å². The van der Waals surface area contributed by atoms with Crippen molar-refractivity contribution in [2.45, 2.75) is 110 Å².